The van der Waals surface area contributed by atoms with Crippen LogP contribution in [0.15, 0.2) is 24.3 Å². The molecule has 1 aliphatic rings. The maximum Gasteiger partial charge on any atom is 0.229 e. The zero-order valence-electron chi connectivity index (χ0n) is 12.5. The Morgan fingerprint density at radius 1 is 1.30 bits per heavy atom. The Kier molecular flexibility index (Phi) is 4.94. The Morgan fingerprint density at radius 2 is 2.04 bits per heavy atom. The van der Waals surface area contributed by atoms with E-state index in [1.165, 1.54) is 17.8 Å². The first-order valence-electron chi connectivity index (χ1n) is 7.65. The van der Waals surface area contributed by atoms with Crippen LogP contribution in [0.25, 0.3) is 11.3 Å². The zero-order chi connectivity index (χ0) is 16.2. The summed E-state index contributed by atoms with van der Waals surface area (Å²) in [5, 5.41) is 13.2. The molecule has 23 heavy (non-hydrogen) atoms. The van der Waals surface area contributed by atoms with Gasteiger partial charge in [0.05, 0.1) is 5.02 Å². The minimum Gasteiger partial charge on any atom is -0.302 e. The third kappa shape index (κ3) is 3.54. The number of amides is 1. The molecule has 1 N–H and O–H groups in total. The zero-order valence-corrected chi connectivity index (χ0v) is 14.1. The fourth-order valence-electron chi connectivity index (χ4n) is 2.86. The highest BCUT2D eigenvalue weighted by Crippen LogP contribution is 2.35. The van der Waals surface area contributed by atoms with E-state index in [0.717, 1.165) is 25.7 Å². The lowest BCUT2D eigenvalue weighted by Crippen LogP contribution is -2.24. The predicted molar refractivity (Wildman–Crippen MR) is 92.5 cm³/mol. The van der Waals surface area contributed by atoms with Crippen molar-refractivity contribution in [1.82, 2.24) is 4.98 Å². The van der Waals surface area contributed by atoms with Crippen molar-refractivity contribution in [2.45, 2.75) is 32.1 Å². The fraction of sp³-hybridized carbons (Fsp3) is 0.353. The van der Waals surface area contributed by atoms with E-state index in [4.69, 9.17) is 11.6 Å². The predicted octanol–water partition coefficient (Wildman–Crippen LogP) is 4.85. The highest BCUT2D eigenvalue weighted by Gasteiger charge is 2.23. The molecule has 1 heterocycles. The second kappa shape index (κ2) is 7.12. The second-order valence-corrected chi connectivity index (χ2v) is 7.02. The van der Waals surface area contributed by atoms with E-state index in [-0.39, 0.29) is 11.8 Å². The number of rotatable bonds is 3. The Morgan fingerprint density at radius 3 is 2.74 bits per heavy atom. The lowest BCUT2D eigenvalue weighted by atomic mass is 9.89. The van der Waals surface area contributed by atoms with Gasteiger partial charge in [-0.05, 0) is 18.9 Å². The number of halogens is 1. The van der Waals surface area contributed by atoms with Gasteiger partial charge in [-0.3, -0.25) is 4.79 Å². The van der Waals surface area contributed by atoms with Crippen LogP contribution in [-0.4, -0.2) is 10.9 Å². The minimum absolute atomic E-state index is 0.00801. The van der Waals surface area contributed by atoms with E-state index in [2.05, 4.69) is 16.4 Å². The number of thiazole rings is 1. The van der Waals surface area contributed by atoms with Crippen LogP contribution in [0.3, 0.4) is 0 Å². The summed E-state index contributed by atoms with van der Waals surface area (Å²) in [7, 11) is 0. The first-order valence-corrected chi connectivity index (χ1v) is 8.85. The Balaban J connectivity index is 1.83. The monoisotopic (exact) mass is 345 g/mol. The summed E-state index contributed by atoms with van der Waals surface area (Å²) in [5.41, 5.74) is 1.24. The molecule has 0 bridgehead atoms. The van der Waals surface area contributed by atoms with E-state index in [1.54, 1.807) is 6.07 Å². The van der Waals surface area contributed by atoms with Gasteiger partial charge in [0, 0.05) is 11.5 Å². The van der Waals surface area contributed by atoms with Crippen molar-refractivity contribution in [2.24, 2.45) is 5.92 Å². The highest BCUT2D eigenvalue weighted by molar-refractivity contribution is 7.16. The van der Waals surface area contributed by atoms with Crippen molar-refractivity contribution in [3.63, 3.8) is 0 Å². The molecule has 2 aromatic rings. The van der Waals surface area contributed by atoms with Gasteiger partial charge >= 0.3 is 0 Å². The van der Waals surface area contributed by atoms with Crippen molar-refractivity contribution in [3.8, 4) is 17.3 Å². The largest absolute Gasteiger partial charge is 0.302 e. The van der Waals surface area contributed by atoms with Gasteiger partial charge < -0.3 is 5.32 Å². The summed E-state index contributed by atoms with van der Waals surface area (Å²) in [4.78, 5) is 17.2. The molecule has 1 aromatic carbocycles. The van der Waals surface area contributed by atoms with Crippen LogP contribution in [0.2, 0.25) is 5.02 Å². The van der Waals surface area contributed by atoms with E-state index in [0.29, 0.717) is 26.3 Å². The molecule has 1 aliphatic carbocycles. The summed E-state index contributed by atoms with van der Waals surface area (Å²) in [5.74, 6) is 0.0654. The molecule has 6 heteroatoms. The van der Waals surface area contributed by atoms with Gasteiger partial charge in [-0.1, -0.05) is 60.4 Å². The minimum atomic E-state index is 0.00801. The van der Waals surface area contributed by atoms with Crippen LogP contribution >= 0.6 is 22.9 Å². The maximum atomic E-state index is 12.3. The fourth-order valence-corrected chi connectivity index (χ4v) is 3.86. The van der Waals surface area contributed by atoms with E-state index < -0.39 is 0 Å². The molecule has 1 fully saturated rings. The van der Waals surface area contributed by atoms with Crippen molar-refractivity contribution >= 4 is 34.0 Å². The maximum absolute atomic E-state index is 12.3. The standard InChI is InChI=1S/C17H16ClN3OS/c18-13-9-5-4-8-12(13)15-14(10-19)23-17(20-15)21-16(22)11-6-2-1-3-7-11/h4-5,8-9,11H,1-3,6-7H2,(H,20,21,22). The highest BCUT2D eigenvalue weighted by atomic mass is 35.5. The first kappa shape index (κ1) is 16.0. The van der Waals surface area contributed by atoms with E-state index in [1.807, 2.05) is 18.2 Å². The number of carbonyl (C=O) groups is 1. The molecular formula is C17H16ClN3OS. The normalized spacial score (nSPS) is 15.1. The van der Waals surface area contributed by atoms with Crippen molar-refractivity contribution in [3.05, 3.63) is 34.2 Å². The molecule has 4 nitrogen and oxygen atoms in total. The number of anilines is 1. The molecule has 1 saturated carbocycles. The lowest BCUT2D eigenvalue weighted by Gasteiger charge is -2.19. The van der Waals surface area contributed by atoms with Crippen LogP contribution in [0, 0.1) is 17.2 Å². The summed E-state index contributed by atoms with van der Waals surface area (Å²) in [6.07, 6.45) is 5.27. The number of hydrogen-bond donors (Lipinski definition) is 1. The van der Waals surface area contributed by atoms with E-state index in [9.17, 15) is 10.1 Å². The first-order chi connectivity index (χ1) is 11.2. The molecule has 0 spiro atoms. The average Bonchev–Trinajstić information content (AvgIpc) is 2.98. The molecular weight excluding hydrogens is 330 g/mol. The quantitative estimate of drug-likeness (QED) is 0.864. The van der Waals surface area contributed by atoms with Crippen molar-refractivity contribution in [1.29, 1.82) is 5.26 Å². The van der Waals surface area contributed by atoms with Crippen LogP contribution < -0.4 is 5.32 Å². The Hall–Kier alpha value is -1.90. The van der Waals surface area contributed by atoms with Gasteiger partial charge in [0.2, 0.25) is 5.91 Å². The number of hydrogen-bond acceptors (Lipinski definition) is 4. The molecule has 118 valence electrons. The van der Waals surface area contributed by atoms with Crippen molar-refractivity contribution in [2.75, 3.05) is 5.32 Å². The van der Waals surface area contributed by atoms with E-state index >= 15 is 0 Å². The molecule has 0 unspecified atom stereocenters. The lowest BCUT2D eigenvalue weighted by molar-refractivity contribution is -0.120. The Labute approximate surface area is 144 Å². The van der Waals surface area contributed by atoms with Crippen LogP contribution in [0.4, 0.5) is 5.13 Å². The molecule has 0 aliphatic heterocycles. The third-order valence-corrected chi connectivity index (χ3v) is 5.27. The average molecular weight is 346 g/mol. The van der Waals surface area contributed by atoms with Gasteiger partial charge in [-0.25, -0.2) is 4.98 Å². The second-order valence-electron chi connectivity index (χ2n) is 5.61. The van der Waals surface area contributed by atoms with Gasteiger partial charge in [-0.2, -0.15) is 5.26 Å². The summed E-state index contributed by atoms with van der Waals surface area (Å²) < 4.78 is 0. The molecule has 3 rings (SSSR count). The summed E-state index contributed by atoms with van der Waals surface area (Å²) in [6.45, 7) is 0. The molecule has 1 aromatic heterocycles. The van der Waals surface area contributed by atoms with Gasteiger partial charge in [0.15, 0.2) is 5.13 Å². The number of carbonyl (C=O) groups excluding carboxylic acids is 1. The molecule has 1 amide bonds. The number of nitrogens with one attached hydrogen (secondary N) is 1. The third-order valence-electron chi connectivity index (χ3n) is 4.06. The Bertz CT molecular complexity index is 759. The van der Waals surface area contributed by atoms with Crippen LogP contribution in [0.1, 0.15) is 37.0 Å². The molecule has 0 atom stereocenters. The molecule has 0 radical (unpaired) electrons. The van der Waals surface area contributed by atoms with Gasteiger partial charge in [0.1, 0.15) is 16.6 Å². The number of nitriles is 1. The number of nitrogens with zero attached hydrogens (tertiary/aromatic N) is 2. The van der Waals surface area contributed by atoms with Gasteiger partial charge in [-0.15, -0.1) is 0 Å². The number of aromatic nitrogens is 1. The van der Waals surface area contributed by atoms with Crippen molar-refractivity contribution < 1.29 is 4.79 Å². The van der Waals surface area contributed by atoms with Gasteiger partial charge in [0.25, 0.3) is 0 Å². The molecule has 0 saturated heterocycles. The topological polar surface area (TPSA) is 65.8 Å². The summed E-state index contributed by atoms with van der Waals surface area (Å²) >= 11 is 7.38. The SMILES string of the molecule is N#Cc1sc(NC(=O)C2CCCCC2)nc1-c1ccccc1Cl. The summed E-state index contributed by atoms with van der Waals surface area (Å²) in [6, 6.07) is 9.41. The van der Waals surface area contributed by atoms with Crippen LogP contribution in [-0.2, 0) is 4.79 Å². The van der Waals surface area contributed by atoms with Crippen LogP contribution in [0.5, 0.6) is 0 Å². The number of benzene rings is 1. The smallest absolute Gasteiger partial charge is 0.229 e.